The van der Waals surface area contributed by atoms with Crippen molar-refractivity contribution >= 4 is 24.8 Å². The zero-order valence-corrected chi connectivity index (χ0v) is 18.1. The summed E-state index contributed by atoms with van der Waals surface area (Å²) in [7, 11) is 0. The van der Waals surface area contributed by atoms with E-state index in [1.165, 1.54) is 49.2 Å². The highest BCUT2D eigenvalue weighted by Gasteiger charge is 2.34. The topological polar surface area (TPSA) is 32.5 Å². The average molecular weight is 422 g/mol. The average Bonchev–Trinajstić information content (AvgIpc) is 2.95. The lowest BCUT2D eigenvalue weighted by molar-refractivity contribution is 0.123. The predicted molar refractivity (Wildman–Crippen MR) is 122 cm³/mol. The van der Waals surface area contributed by atoms with E-state index < -0.39 is 0 Å². The lowest BCUT2D eigenvalue weighted by atomic mass is 9.94. The fourth-order valence-corrected chi connectivity index (χ4v) is 4.65. The van der Waals surface area contributed by atoms with Crippen LogP contribution in [0.2, 0.25) is 0 Å². The lowest BCUT2D eigenvalue weighted by Crippen LogP contribution is -2.43. The zero-order chi connectivity index (χ0) is 17.8. The molecule has 0 spiro atoms. The smallest absolute Gasteiger partial charge is 0.0237 e. The van der Waals surface area contributed by atoms with E-state index >= 15 is 0 Å². The molecule has 2 N–H and O–H groups in total. The van der Waals surface area contributed by atoms with Crippen molar-refractivity contribution in [3.8, 4) is 0 Å². The molecular formula is C23H33Cl2N3. The van der Waals surface area contributed by atoms with E-state index in [9.17, 15) is 0 Å². The number of hydrogen-bond donors (Lipinski definition) is 1. The summed E-state index contributed by atoms with van der Waals surface area (Å²) in [5, 5.41) is 0. The van der Waals surface area contributed by atoms with Crippen molar-refractivity contribution in [3.05, 3.63) is 71.3 Å². The first-order chi connectivity index (χ1) is 12.8. The lowest BCUT2D eigenvalue weighted by Gasteiger charge is -2.36. The minimum absolute atomic E-state index is 0. The van der Waals surface area contributed by atoms with Crippen LogP contribution in [-0.4, -0.2) is 42.0 Å². The van der Waals surface area contributed by atoms with Gasteiger partial charge in [-0.15, -0.1) is 24.8 Å². The summed E-state index contributed by atoms with van der Waals surface area (Å²) in [6.45, 7) is 6.61. The van der Waals surface area contributed by atoms with E-state index in [1.807, 2.05) is 0 Å². The Morgan fingerprint density at radius 3 is 2.14 bits per heavy atom. The van der Waals surface area contributed by atoms with E-state index in [0.717, 1.165) is 32.0 Å². The monoisotopic (exact) mass is 421 g/mol. The molecule has 2 bridgehead atoms. The summed E-state index contributed by atoms with van der Waals surface area (Å²) in [5.74, 6) is 0.814. The van der Waals surface area contributed by atoms with Gasteiger partial charge < -0.3 is 5.73 Å². The van der Waals surface area contributed by atoms with Gasteiger partial charge in [-0.25, -0.2) is 0 Å². The molecule has 154 valence electrons. The van der Waals surface area contributed by atoms with Gasteiger partial charge in [0.2, 0.25) is 0 Å². The van der Waals surface area contributed by atoms with Crippen molar-refractivity contribution in [2.45, 2.75) is 38.4 Å². The molecule has 2 aromatic carbocycles. The van der Waals surface area contributed by atoms with Gasteiger partial charge in [0, 0.05) is 38.8 Å². The van der Waals surface area contributed by atoms with Crippen molar-refractivity contribution < 1.29 is 0 Å². The molecular weight excluding hydrogens is 389 g/mol. The van der Waals surface area contributed by atoms with Crippen LogP contribution in [0.4, 0.5) is 0 Å². The standard InChI is InChI=1S/C23H31N3.2ClH/c24-13-12-19-6-8-21(9-7-19)14-25-15-22-10-11-23(18-25)26(17-22)16-20-4-2-1-3-5-20;;/h1-9,22-23H,10-18,24H2;2*1H/t22-,23+;;/m0../s1. The third kappa shape index (κ3) is 5.95. The Morgan fingerprint density at radius 2 is 1.43 bits per heavy atom. The molecule has 3 fully saturated rings. The highest BCUT2D eigenvalue weighted by molar-refractivity contribution is 5.85. The third-order valence-electron chi connectivity index (χ3n) is 5.99. The highest BCUT2D eigenvalue weighted by atomic mass is 35.5. The molecule has 0 aliphatic carbocycles. The Balaban J connectivity index is 0.00000140. The SMILES string of the molecule is Cl.Cl.NCCc1ccc(CN2C[C@@H]3CC[C@H](C2)N(Cc2ccccc2)C3)cc1. The molecule has 5 rings (SSSR count). The van der Waals surface area contributed by atoms with Crippen LogP contribution < -0.4 is 5.73 Å². The fourth-order valence-electron chi connectivity index (χ4n) is 4.65. The van der Waals surface area contributed by atoms with Gasteiger partial charge in [0.15, 0.2) is 0 Å². The number of nitrogens with zero attached hydrogens (tertiary/aromatic N) is 2. The fraction of sp³-hybridized carbons (Fsp3) is 0.478. The van der Waals surface area contributed by atoms with Gasteiger partial charge in [-0.1, -0.05) is 54.6 Å². The molecule has 2 atom stereocenters. The predicted octanol–water partition coefficient (Wildman–Crippen LogP) is 4.13. The number of rotatable bonds is 6. The molecule has 0 aromatic heterocycles. The normalized spacial score (nSPS) is 22.2. The van der Waals surface area contributed by atoms with Gasteiger partial charge in [0.05, 0.1) is 0 Å². The molecule has 0 unspecified atom stereocenters. The maximum Gasteiger partial charge on any atom is 0.0237 e. The quantitative estimate of drug-likeness (QED) is 0.760. The number of halogens is 2. The molecule has 3 saturated heterocycles. The summed E-state index contributed by atoms with van der Waals surface area (Å²) in [6.07, 6.45) is 3.72. The van der Waals surface area contributed by atoms with Crippen LogP contribution in [0.1, 0.15) is 29.5 Å². The minimum atomic E-state index is 0. The number of hydrogen-bond acceptors (Lipinski definition) is 3. The van der Waals surface area contributed by atoms with Crippen molar-refractivity contribution in [2.75, 3.05) is 26.2 Å². The van der Waals surface area contributed by atoms with Crippen LogP contribution in [0.15, 0.2) is 54.6 Å². The van der Waals surface area contributed by atoms with Crippen molar-refractivity contribution in [1.82, 2.24) is 9.80 Å². The molecule has 28 heavy (non-hydrogen) atoms. The van der Waals surface area contributed by atoms with Crippen LogP contribution in [-0.2, 0) is 19.5 Å². The largest absolute Gasteiger partial charge is 0.330 e. The van der Waals surface area contributed by atoms with Gasteiger partial charge in [-0.2, -0.15) is 0 Å². The first-order valence-electron chi connectivity index (χ1n) is 10.1. The second-order valence-electron chi connectivity index (χ2n) is 8.06. The van der Waals surface area contributed by atoms with Crippen molar-refractivity contribution in [2.24, 2.45) is 11.7 Å². The minimum Gasteiger partial charge on any atom is -0.330 e. The van der Waals surface area contributed by atoms with Gasteiger partial charge in [0.25, 0.3) is 0 Å². The van der Waals surface area contributed by atoms with Gasteiger partial charge in [0.1, 0.15) is 0 Å². The van der Waals surface area contributed by atoms with Crippen LogP contribution >= 0.6 is 24.8 Å². The van der Waals surface area contributed by atoms with E-state index in [0.29, 0.717) is 6.04 Å². The van der Waals surface area contributed by atoms with E-state index in [4.69, 9.17) is 5.73 Å². The molecule has 3 heterocycles. The van der Waals surface area contributed by atoms with Crippen molar-refractivity contribution in [1.29, 1.82) is 0 Å². The van der Waals surface area contributed by atoms with Crippen LogP contribution in [0, 0.1) is 5.92 Å². The number of fused-ring (bicyclic) bond motifs is 4. The maximum absolute atomic E-state index is 5.66. The molecule has 0 amide bonds. The molecule has 0 saturated carbocycles. The molecule has 3 aliphatic rings. The number of nitrogens with two attached hydrogens (primary N) is 1. The van der Waals surface area contributed by atoms with Gasteiger partial charge in [-0.05, 0) is 48.4 Å². The van der Waals surface area contributed by atoms with Crippen LogP contribution in [0.3, 0.4) is 0 Å². The Kier molecular flexibility index (Phi) is 9.26. The Morgan fingerprint density at radius 1 is 0.750 bits per heavy atom. The van der Waals surface area contributed by atoms with E-state index in [1.54, 1.807) is 0 Å². The number of benzene rings is 2. The molecule has 5 heteroatoms. The molecule has 3 nitrogen and oxygen atoms in total. The molecule has 2 aromatic rings. The summed E-state index contributed by atoms with van der Waals surface area (Å²) >= 11 is 0. The highest BCUT2D eigenvalue weighted by Crippen LogP contribution is 2.30. The Bertz CT molecular complexity index is 693. The Hall–Kier alpha value is -1.10. The molecule has 0 radical (unpaired) electrons. The maximum atomic E-state index is 5.66. The number of piperidine rings is 1. The molecule has 3 aliphatic heterocycles. The van der Waals surface area contributed by atoms with Gasteiger partial charge >= 0.3 is 0 Å². The van der Waals surface area contributed by atoms with E-state index in [2.05, 4.69) is 64.4 Å². The summed E-state index contributed by atoms with van der Waals surface area (Å²) < 4.78 is 0. The van der Waals surface area contributed by atoms with Crippen molar-refractivity contribution in [3.63, 3.8) is 0 Å². The van der Waals surface area contributed by atoms with Gasteiger partial charge in [-0.3, -0.25) is 9.80 Å². The second-order valence-corrected chi connectivity index (χ2v) is 8.06. The summed E-state index contributed by atoms with van der Waals surface area (Å²) in [6, 6.07) is 20.7. The Labute approximate surface area is 182 Å². The zero-order valence-electron chi connectivity index (χ0n) is 16.5. The van der Waals surface area contributed by atoms with E-state index in [-0.39, 0.29) is 24.8 Å². The third-order valence-corrected chi connectivity index (χ3v) is 5.99. The summed E-state index contributed by atoms with van der Waals surface area (Å²) in [5.41, 5.74) is 9.89. The first-order valence-corrected chi connectivity index (χ1v) is 10.1. The first kappa shape index (κ1) is 23.2. The second kappa shape index (κ2) is 11.2. The summed E-state index contributed by atoms with van der Waals surface area (Å²) in [4.78, 5) is 5.42. The van der Waals surface area contributed by atoms with Crippen LogP contribution in [0.25, 0.3) is 0 Å². The van der Waals surface area contributed by atoms with Crippen LogP contribution in [0.5, 0.6) is 0 Å².